The molecule has 7 heteroatoms. The standard InChI is InChI=1S/C13H16N2OS.C9H13NOS.2C2H6/c1-8(16)13(15(3)4)10-5-6-12-11(7-10)14-9(2)17-12;1-7(11)9(10(2)3)8-4-5-12-6-8;2*1-2/h5-7,13H,1-4H3;4-6,9H,1-3H3;2*1-2H3. The lowest BCUT2D eigenvalue weighted by Gasteiger charge is -2.21. The van der Waals surface area contributed by atoms with E-state index in [0.29, 0.717) is 0 Å². The van der Waals surface area contributed by atoms with E-state index in [0.717, 1.165) is 21.7 Å². The minimum atomic E-state index is -0.179. The quantitative estimate of drug-likeness (QED) is 0.380. The van der Waals surface area contributed by atoms with Crippen LogP contribution >= 0.6 is 22.7 Å². The van der Waals surface area contributed by atoms with Crippen molar-refractivity contribution in [1.29, 1.82) is 0 Å². The van der Waals surface area contributed by atoms with Gasteiger partial charge in [-0.2, -0.15) is 11.3 Å². The number of aryl methyl sites for hydroxylation is 1. The molecule has 0 fully saturated rings. The zero-order valence-electron chi connectivity index (χ0n) is 22.1. The second-order valence-corrected chi connectivity index (χ2v) is 9.49. The highest BCUT2D eigenvalue weighted by atomic mass is 32.1. The van der Waals surface area contributed by atoms with Gasteiger partial charge in [-0.05, 0) is 89.0 Å². The van der Waals surface area contributed by atoms with Crippen LogP contribution in [0.2, 0.25) is 0 Å². The van der Waals surface area contributed by atoms with Gasteiger partial charge in [0.15, 0.2) is 11.6 Å². The summed E-state index contributed by atoms with van der Waals surface area (Å²) in [4.78, 5) is 31.2. The van der Waals surface area contributed by atoms with E-state index in [9.17, 15) is 9.59 Å². The fourth-order valence-corrected chi connectivity index (χ4v) is 4.94. The van der Waals surface area contributed by atoms with Gasteiger partial charge in [-0.15, -0.1) is 11.3 Å². The van der Waals surface area contributed by atoms with E-state index >= 15 is 0 Å². The first kappa shape index (κ1) is 31.1. The topological polar surface area (TPSA) is 53.5 Å². The number of thiophene rings is 1. The molecule has 2 unspecified atom stereocenters. The number of ketones is 2. The highest BCUT2D eigenvalue weighted by Crippen LogP contribution is 2.27. The van der Waals surface area contributed by atoms with Crippen LogP contribution in [-0.2, 0) is 9.59 Å². The summed E-state index contributed by atoms with van der Waals surface area (Å²) in [5, 5.41) is 5.07. The number of thiazole rings is 1. The van der Waals surface area contributed by atoms with E-state index in [4.69, 9.17) is 0 Å². The monoisotopic (exact) mass is 491 g/mol. The summed E-state index contributed by atoms with van der Waals surface area (Å²) in [5.74, 6) is 0.347. The molecule has 1 aromatic carbocycles. The van der Waals surface area contributed by atoms with Crippen molar-refractivity contribution in [2.75, 3.05) is 28.2 Å². The number of carbonyl (C=O) groups is 2. The van der Waals surface area contributed by atoms with Crippen LogP contribution in [0.15, 0.2) is 35.0 Å². The van der Waals surface area contributed by atoms with Crippen molar-refractivity contribution in [3.8, 4) is 0 Å². The fraction of sp³-hybridized carbons (Fsp3) is 0.500. The van der Waals surface area contributed by atoms with Gasteiger partial charge in [0.05, 0.1) is 27.3 Å². The number of aromatic nitrogens is 1. The van der Waals surface area contributed by atoms with Gasteiger partial charge in [-0.25, -0.2) is 4.98 Å². The average Bonchev–Trinajstić information content (AvgIpc) is 3.39. The van der Waals surface area contributed by atoms with E-state index in [1.165, 1.54) is 4.70 Å². The second-order valence-electron chi connectivity index (χ2n) is 7.47. The predicted molar refractivity (Wildman–Crippen MR) is 146 cm³/mol. The molecule has 3 rings (SSSR count). The Morgan fingerprint density at radius 3 is 1.79 bits per heavy atom. The van der Waals surface area contributed by atoms with Crippen LogP contribution < -0.4 is 0 Å². The van der Waals surface area contributed by atoms with Crippen molar-refractivity contribution in [2.24, 2.45) is 0 Å². The lowest BCUT2D eigenvalue weighted by atomic mass is 10.0. The zero-order chi connectivity index (χ0) is 25.7. The fourth-order valence-electron chi connectivity index (χ4n) is 3.45. The maximum atomic E-state index is 11.7. The number of likely N-dealkylation sites (N-methyl/N-ethyl adjacent to an activating group) is 2. The number of carbonyl (C=O) groups excluding carboxylic acids is 2. The summed E-state index contributed by atoms with van der Waals surface area (Å²) < 4.78 is 1.17. The molecule has 0 saturated heterocycles. The number of hydrogen-bond acceptors (Lipinski definition) is 7. The maximum Gasteiger partial charge on any atom is 0.151 e. The van der Waals surface area contributed by atoms with E-state index in [2.05, 4.69) is 11.1 Å². The Labute approximate surface area is 208 Å². The highest BCUT2D eigenvalue weighted by Gasteiger charge is 2.20. The molecule has 184 valence electrons. The number of rotatable bonds is 6. The van der Waals surface area contributed by atoms with E-state index < -0.39 is 0 Å². The van der Waals surface area contributed by atoms with Crippen molar-refractivity contribution in [3.63, 3.8) is 0 Å². The Bertz CT molecular complexity index is 963. The number of benzene rings is 1. The van der Waals surface area contributed by atoms with Crippen LogP contribution in [0.5, 0.6) is 0 Å². The first-order chi connectivity index (χ1) is 15.6. The van der Waals surface area contributed by atoms with Gasteiger partial charge in [0, 0.05) is 0 Å². The summed E-state index contributed by atoms with van der Waals surface area (Å²) in [6.45, 7) is 13.3. The SMILES string of the molecule is CC.CC.CC(=O)C(c1ccc2sc(C)nc2c1)N(C)C.CC(=O)C(c1ccsc1)N(C)C. The van der Waals surface area contributed by atoms with Crippen molar-refractivity contribution in [1.82, 2.24) is 14.8 Å². The Morgan fingerprint density at radius 2 is 1.36 bits per heavy atom. The third-order valence-corrected chi connectivity index (χ3v) is 6.15. The van der Waals surface area contributed by atoms with Crippen LogP contribution in [0, 0.1) is 6.92 Å². The number of hydrogen-bond donors (Lipinski definition) is 0. The summed E-state index contributed by atoms with van der Waals surface area (Å²) in [6.07, 6.45) is 0. The van der Waals surface area contributed by atoms with Crippen molar-refractivity contribution in [3.05, 3.63) is 51.2 Å². The Morgan fingerprint density at radius 1 is 0.848 bits per heavy atom. The molecule has 0 aliphatic rings. The van der Waals surface area contributed by atoms with Crippen molar-refractivity contribution >= 4 is 44.5 Å². The average molecular weight is 492 g/mol. The molecule has 0 amide bonds. The molecule has 2 aromatic heterocycles. The van der Waals surface area contributed by atoms with Gasteiger partial charge in [-0.1, -0.05) is 33.8 Å². The minimum Gasteiger partial charge on any atom is -0.298 e. The molecule has 2 atom stereocenters. The lowest BCUT2D eigenvalue weighted by molar-refractivity contribution is -0.122. The normalized spacial score (nSPS) is 12.0. The summed E-state index contributed by atoms with van der Waals surface area (Å²) >= 11 is 3.30. The molecule has 5 nitrogen and oxygen atoms in total. The lowest BCUT2D eigenvalue weighted by Crippen LogP contribution is -2.25. The maximum absolute atomic E-state index is 11.7. The molecule has 3 aromatic rings. The molecule has 0 spiro atoms. The van der Waals surface area contributed by atoms with Crippen LogP contribution in [-0.4, -0.2) is 54.5 Å². The third-order valence-electron chi connectivity index (χ3n) is 4.50. The first-order valence-corrected chi connectivity index (χ1v) is 13.1. The zero-order valence-corrected chi connectivity index (χ0v) is 23.7. The van der Waals surface area contributed by atoms with E-state index in [-0.39, 0.29) is 23.7 Å². The molecule has 0 saturated carbocycles. The summed E-state index contributed by atoms with van der Waals surface area (Å²) in [5.41, 5.74) is 3.09. The highest BCUT2D eigenvalue weighted by molar-refractivity contribution is 7.18. The molecule has 0 aliphatic carbocycles. The van der Waals surface area contributed by atoms with Gasteiger partial charge >= 0.3 is 0 Å². The molecule has 0 N–H and O–H groups in total. The van der Waals surface area contributed by atoms with Gasteiger partial charge in [0.25, 0.3) is 0 Å². The molecule has 0 bridgehead atoms. The Hall–Kier alpha value is -1.93. The van der Waals surface area contributed by atoms with Gasteiger partial charge in [0.1, 0.15) is 0 Å². The van der Waals surface area contributed by atoms with Crippen molar-refractivity contribution in [2.45, 2.75) is 60.5 Å². The molecular formula is C26H41N3O2S2. The smallest absolute Gasteiger partial charge is 0.151 e. The minimum absolute atomic E-state index is 0.0729. The van der Waals surface area contributed by atoms with Crippen molar-refractivity contribution < 1.29 is 9.59 Å². The third kappa shape index (κ3) is 9.45. The van der Waals surface area contributed by atoms with Crippen LogP contribution in [0.4, 0.5) is 0 Å². The first-order valence-electron chi connectivity index (χ1n) is 11.3. The molecule has 0 radical (unpaired) electrons. The van der Waals surface area contributed by atoms with Gasteiger partial charge in [-0.3, -0.25) is 19.4 Å². The summed E-state index contributed by atoms with van der Waals surface area (Å²) in [7, 11) is 7.68. The second kappa shape index (κ2) is 15.8. The predicted octanol–water partition coefficient (Wildman–Crippen LogP) is 6.79. The summed E-state index contributed by atoms with van der Waals surface area (Å²) in [6, 6.07) is 7.83. The number of fused-ring (bicyclic) bond motifs is 1. The molecule has 0 aliphatic heterocycles. The number of Topliss-reactive ketones (excluding diaryl/α,β-unsaturated/α-hetero) is 2. The largest absolute Gasteiger partial charge is 0.298 e. The van der Waals surface area contributed by atoms with E-state index in [1.807, 2.05) is 102 Å². The molecule has 33 heavy (non-hydrogen) atoms. The van der Waals surface area contributed by atoms with E-state index in [1.54, 1.807) is 36.5 Å². The van der Waals surface area contributed by atoms with Gasteiger partial charge < -0.3 is 0 Å². The Balaban J connectivity index is 0.000000564. The Kier molecular flexibility index (Phi) is 14.9. The molecular weight excluding hydrogens is 450 g/mol. The van der Waals surface area contributed by atoms with Crippen LogP contribution in [0.1, 0.15) is 69.8 Å². The van der Waals surface area contributed by atoms with Gasteiger partial charge in [0.2, 0.25) is 0 Å². The molecule has 2 heterocycles. The van der Waals surface area contributed by atoms with Crippen LogP contribution in [0.25, 0.3) is 10.2 Å². The number of nitrogens with zero attached hydrogens (tertiary/aromatic N) is 3. The van der Waals surface area contributed by atoms with Crippen LogP contribution in [0.3, 0.4) is 0 Å².